The van der Waals surface area contributed by atoms with Gasteiger partial charge in [-0.2, -0.15) is 5.10 Å². The molecule has 0 spiro atoms. The number of aliphatic hydroxyl groups is 1. The molecule has 0 amide bonds. The number of aryl methyl sites for hydroxylation is 1. The number of nitrogens with zero attached hydrogens (tertiary/aromatic N) is 4. The van der Waals surface area contributed by atoms with Crippen LogP contribution in [0.4, 0.5) is 0 Å². The molecule has 0 atom stereocenters. The lowest BCUT2D eigenvalue weighted by molar-refractivity contribution is -0.00628. The second kappa shape index (κ2) is 4.94. The second-order valence-electron chi connectivity index (χ2n) is 5.26. The van der Waals surface area contributed by atoms with E-state index in [4.69, 9.17) is 0 Å². The van der Waals surface area contributed by atoms with Crippen molar-refractivity contribution in [2.45, 2.75) is 25.0 Å². The molecule has 108 valence electrons. The zero-order valence-electron chi connectivity index (χ0n) is 11.1. The van der Waals surface area contributed by atoms with Crippen molar-refractivity contribution in [2.75, 3.05) is 13.1 Å². The Hall–Kier alpha value is -1.25. The molecule has 0 aromatic carbocycles. The molecule has 1 aliphatic rings. The van der Waals surface area contributed by atoms with Crippen LogP contribution in [0.25, 0.3) is 11.0 Å². The molecule has 7 nitrogen and oxygen atoms in total. The first-order valence-electron chi connectivity index (χ1n) is 6.51. The van der Waals surface area contributed by atoms with E-state index in [1.807, 2.05) is 0 Å². The number of halogens is 1. The van der Waals surface area contributed by atoms with E-state index in [0.29, 0.717) is 28.5 Å². The summed E-state index contributed by atoms with van der Waals surface area (Å²) in [5.41, 5.74) is -0.204. The molecule has 20 heavy (non-hydrogen) atoms. The topological polar surface area (TPSA) is 85.0 Å². The Morgan fingerprint density at radius 3 is 2.85 bits per heavy atom. The van der Waals surface area contributed by atoms with Crippen molar-refractivity contribution in [3.8, 4) is 0 Å². The summed E-state index contributed by atoms with van der Waals surface area (Å²) >= 11 is 3.35. The molecule has 1 fully saturated rings. The van der Waals surface area contributed by atoms with Crippen molar-refractivity contribution in [3.63, 3.8) is 0 Å². The Balaban J connectivity index is 2.00. The van der Waals surface area contributed by atoms with Crippen LogP contribution < -0.4 is 10.9 Å². The van der Waals surface area contributed by atoms with Crippen LogP contribution in [-0.2, 0) is 13.6 Å². The average Bonchev–Trinajstić information content (AvgIpc) is 2.71. The summed E-state index contributed by atoms with van der Waals surface area (Å²) in [6.45, 7) is 1.77. The molecular weight excluding hydrogens is 326 g/mol. The van der Waals surface area contributed by atoms with Gasteiger partial charge in [-0.25, -0.2) is 4.98 Å². The zero-order valence-corrected chi connectivity index (χ0v) is 12.7. The van der Waals surface area contributed by atoms with E-state index < -0.39 is 5.60 Å². The Morgan fingerprint density at radius 2 is 2.15 bits per heavy atom. The fourth-order valence-corrected chi connectivity index (χ4v) is 2.92. The fourth-order valence-electron chi connectivity index (χ4n) is 2.55. The van der Waals surface area contributed by atoms with E-state index in [-0.39, 0.29) is 12.1 Å². The van der Waals surface area contributed by atoms with Gasteiger partial charge in [0.25, 0.3) is 5.56 Å². The third-order valence-corrected chi connectivity index (χ3v) is 4.63. The number of aromatic nitrogens is 4. The summed E-state index contributed by atoms with van der Waals surface area (Å²) < 4.78 is 3.70. The molecule has 1 saturated heterocycles. The summed E-state index contributed by atoms with van der Waals surface area (Å²) in [7, 11) is 1.75. The molecule has 0 bridgehead atoms. The van der Waals surface area contributed by atoms with Crippen molar-refractivity contribution < 1.29 is 5.11 Å². The first kappa shape index (κ1) is 13.7. The molecule has 0 aliphatic carbocycles. The molecule has 3 heterocycles. The molecule has 0 saturated carbocycles. The highest BCUT2D eigenvalue weighted by atomic mass is 79.9. The Kier molecular flexibility index (Phi) is 3.39. The monoisotopic (exact) mass is 341 g/mol. The Labute approximate surface area is 123 Å². The van der Waals surface area contributed by atoms with E-state index in [0.717, 1.165) is 13.1 Å². The van der Waals surface area contributed by atoms with E-state index >= 15 is 0 Å². The van der Waals surface area contributed by atoms with E-state index in [2.05, 4.69) is 31.3 Å². The number of rotatable bonds is 2. The molecule has 2 N–H and O–H groups in total. The standard InChI is InChI=1S/C12H16BrN5O2/c1-17-10(13)8-9(16-17)11(19)18(7-15-8)6-12(20)2-4-14-5-3-12/h7,14,20H,2-6H2,1H3. The van der Waals surface area contributed by atoms with Crippen LogP contribution in [0.5, 0.6) is 0 Å². The lowest BCUT2D eigenvalue weighted by Gasteiger charge is -2.32. The zero-order chi connectivity index (χ0) is 14.3. The largest absolute Gasteiger partial charge is 0.388 e. The number of fused-ring (bicyclic) bond motifs is 1. The maximum atomic E-state index is 12.4. The Bertz CT molecular complexity index is 702. The van der Waals surface area contributed by atoms with Gasteiger partial charge in [0.2, 0.25) is 0 Å². The molecule has 2 aromatic heterocycles. The molecule has 1 aliphatic heterocycles. The fraction of sp³-hybridized carbons (Fsp3) is 0.583. The van der Waals surface area contributed by atoms with Gasteiger partial charge in [-0.15, -0.1) is 0 Å². The van der Waals surface area contributed by atoms with Crippen LogP contribution in [-0.4, -0.2) is 43.1 Å². The van der Waals surface area contributed by atoms with Gasteiger partial charge in [0.05, 0.1) is 18.5 Å². The van der Waals surface area contributed by atoms with E-state index in [1.165, 1.54) is 10.9 Å². The summed E-state index contributed by atoms with van der Waals surface area (Å²) in [5.74, 6) is 0. The lowest BCUT2D eigenvalue weighted by Crippen LogP contribution is -2.46. The number of piperidine rings is 1. The highest BCUT2D eigenvalue weighted by molar-refractivity contribution is 9.10. The second-order valence-corrected chi connectivity index (χ2v) is 6.01. The first-order chi connectivity index (χ1) is 9.50. The minimum Gasteiger partial charge on any atom is -0.388 e. The highest BCUT2D eigenvalue weighted by Gasteiger charge is 2.30. The van der Waals surface area contributed by atoms with Crippen molar-refractivity contribution >= 4 is 27.0 Å². The summed E-state index contributed by atoms with van der Waals surface area (Å²) in [6, 6.07) is 0. The minimum atomic E-state index is -0.851. The van der Waals surface area contributed by atoms with Crippen LogP contribution in [0.3, 0.4) is 0 Å². The van der Waals surface area contributed by atoms with Crippen molar-refractivity contribution in [1.82, 2.24) is 24.6 Å². The summed E-state index contributed by atoms with van der Waals surface area (Å²) in [5, 5.41) is 17.9. The highest BCUT2D eigenvalue weighted by Crippen LogP contribution is 2.21. The number of hydrogen-bond acceptors (Lipinski definition) is 5. The van der Waals surface area contributed by atoms with Crippen LogP contribution in [0.15, 0.2) is 15.7 Å². The normalized spacial score (nSPS) is 18.6. The third-order valence-electron chi connectivity index (χ3n) is 3.74. The predicted octanol–water partition coefficient (Wildman–Crippen LogP) is 0.00700. The van der Waals surface area contributed by atoms with Crippen LogP contribution in [0.2, 0.25) is 0 Å². The summed E-state index contributed by atoms with van der Waals surface area (Å²) in [6.07, 6.45) is 2.74. The molecule has 2 aromatic rings. The summed E-state index contributed by atoms with van der Waals surface area (Å²) in [4.78, 5) is 16.7. The van der Waals surface area contributed by atoms with Gasteiger partial charge in [-0.3, -0.25) is 14.0 Å². The maximum absolute atomic E-state index is 12.4. The molecule has 0 unspecified atom stereocenters. The van der Waals surface area contributed by atoms with Crippen molar-refractivity contribution in [2.24, 2.45) is 7.05 Å². The third kappa shape index (κ3) is 2.27. The Morgan fingerprint density at radius 1 is 1.45 bits per heavy atom. The first-order valence-corrected chi connectivity index (χ1v) is 7.30. The molecule has 0 radical (unpaired) electrons. The van der Waals surface area contributed by atoms with Gasteiger partial charge in [-0.1, -0.05) is 0 Å². The molecule has 8 heteroatoms. The van der Waals surface area contributed by atoms with E-state index in [1.54, 1.807) is 11.7 Å². The molecule has 3 rings (SSSR count). The predicted molar refractivity (Wildman–Crippen MR) is 77.5 cm³/mol. The minimum absolute atomic E-state index is 0.219. The average molecular weight is 342 g/mol. The molecular formula is C12H16BrN5O2. The van der Waals surface area contributed by atoms with Crippen molar-refractivity contribution in [3.05, 3.63) is 21.3 Å². The number of nitrogens with one attached hydrogen (secondary N) is 1. The lowest BCUT2D eigenvalue weighted by atomic mass is 9.92. The number of hydrogen-bond donors (Lipinski definition) is 2. The van der Waals surface area contributed by atoms with Gasteiger partial charge in [0.1, 0.15) is 10.1 Å². The van der Waals surface area contributed by atoms with E-state index in [9.17, 15) is 9.90 Å². The van der Waals surface area contributed by atoms with Gasteiger partial charge in [-0.05, 0) is 41.9 Å². The van der Waals surface area contributed by atoms with Crippen molar-refractivity contribution in [1.29, 1.82) is 0 Å². The van der Waals surface area contributed by atoms with Crippen LogP contribution >= 0.6 is 15.9 Å². The smallest absolute Gasteiger partial charge is 0.281 e. The van der Waals surface area contributed by atoms with Gasteiger partial charge < -0.3 is 10.4 Å². The van der Waals surface area contributed by atoms with Gasteiger partial charge >= 0.3 is 0 Å². The van der Waals surface area contributed by atoms with Gasteiger partial charge in [0.15, 0.2) is 5.52 Å². The maximum Gasteiger partial charge on any atom is 0.281 e. The quantitative estimate of drug-likeness (QED) is 0.803. The van der Waals surface area contributed by atoms with Crippen LogP contribution in [0, 0.1) is 0 Å². The van der Waals surface area contributed by atoms with Crippen LogP contribution in [0.1, 0.15) is 12.8 Å². The SMILES string of the molecule is Cn1nc2c(=O)n(CC3(O)CCNCC3)cnc2c1Br. The van der Waals surface area contributed by atoms with Gasteiger partial charge in [0, 0.05) is 7.05 Å².